The highest BCUT2D eigenvalue weighted by atomic mass is 16.5. The molecule has 1 heterocycles. The number of methoxy groups -OCH3 is 1. The molecule has 0 saturated heterocycles. The Morgan fingerprint density at radius 1 is 1.15 bits per heavy atom. The minimum atomic E-state index is -0.472. The number of hydrogen-bond donors (Lipinski definition) is 2. The molecule has 26 heavy (non-hydrogen) atoms. The molecular formula is C20H18N4O2. The summed E-state index contributed by atoms with van der Waals surface area (Å²) in [4.78, 5) is 19.3. The van der Waals surface area contributed by atoms with Crippen molar-refractivity contribution >= 4 is 5.95 Å². The lowest BCUT2D eigenvalue weighted by Crippen LogP contribution is -2.17. The highest BCUT2D eigenvalue weighted by Gasteiger charge is 2.13. The van der Waals surface area contributed by atoms with Crippen LogP contribution in [0.3, 0.4) is 0 Å². The van der Waals surface area contributed by atoms with Gasteiger partial charge < -0.3 is 10.1 Å². The van der Waals surface area contributed by atoms with Crippen molar-refractivity contribution in [3.63, 3.8) is 0 Å². The van der Waals surface area contributed by atoms with E-state index >= 15 is 0 Å². The van der Waals surface area contributed by atoms with E-state index in [4.69, 9.17) is 4.74 Å². The zero-order valence-electron chi connectivity index (χ0n) is 14.5. The first-order valence-corrected chi connectivity index (χ1v) is 8.09. The normalized spacial score (nSPS) is 10.2. The van der Waals surface area contributed by atoms with Gasteiger partial charge in [-0.2, -0.15) is 5.26 Å². The van der Waals surface area contributed by atoms with Crippen molar-refractivity contribution in [1.82, 2.24) is 9.97 Å². The zero-order chi connectivity index (χ0) is 18.5. The van der Waals surface area contributed by atoms with Gasteiger partial charge in [0.05, 0.1) is 12.8 Å². The quantitative estimate of drug-likeness (QED) is 0.740. The summed E-state index contributed by atoms with van der Waals surface area (Å²) in [6, 6.07) is 17.1. The number of nitrogens with zero attached hydrogens (tertiary/aromatic N) is 2. The lowest BCUT2D eigenvalue weighted by Gasteiger charge is -2.09. The predicted molar refractivity (Wildman–Crippen MR) is 100 cm³/mol. The number of aromatic nitrogens is 2. The maximum Gasteiger partial charge on any atom is 0.270 e. The molecule has 2 aromatic carbocycles. The molecule has 130 valence electrons. The first-order chi connectivity index (χ1) is 12.6. The van der Waals surface area contributed by atoms with E-state index in [1.807, 2.05) is 37.3 Å². The van der Waals surface area contributed by atoms with Crippen LogP contribution < -0.4 is 15.6 Å². The summed E-state index contributed by atoms with van der Waals surface area (Å²) < 4.78 is 5.14. The van der Waals surface area contributed by atoms with Crippen LogP contribution in [0.2, 0.25) is 0 Å². The Morgan fingerprint density at radius 3 is 2.46 bits per heavy atom. The highest BCUT2D eigenvalue weighted by Crippen LogP contribution is 2.23. The Morgan fingerprint density at radius 2 is 1.85 bits per heavy atom. The molecule has 3 rings (SSSR count). The molecule has 0 bridgehead atoms. The molecule has 0 aliphatic heterocycles. The summed E-state index contributed by atoms with van der Waals surface area (Å²) in [5, 5.41) is 12.4. The Bertz CT molecular complexity index is 1000. The van der Waals surface area contributed by atoms with Gasteiger partial charge in [0.2, 0.25) is 5.95 Å². The average molecular weight is 346 g/mol. The van der Waals surface area contributed by atoms with Crippen molar-refractivity contribution in [1.29, 1.82) is 5.26 Å². The van der Waals surface area contributed by atoms with Crippen LogP contribution in [0.25, 0.3) is 11.3 Å². The topological polar surface area (TPSA) is 90.8 Å². The second-order valence-corrected chi connectivity index (χ2v) is 5.82. The van der Waals surface area contributed by atoms with E-state index in [2.05, 4.69) is 15.3 Å². The summed E-state index contributed by atoms with van der Waals surface area (Å²) in [7, 11) is 1.58. The second-order valence-electron chi connectivity index (χ2n) is 5.82. The van der Waals surface area contributed by atoms with Crippen LogP contribution in [0.4, 0.5) is 5.95 Å². The van der Waals surface area contributed by atoms with Crippen LogP contribution in [0, 0.1) is 18.3 Å². The van der Waals surface area contributed by atoms with Gasteiger partial charge in [-0.3, -0.25) is 9.78 Å². The van der Waals surface area contributed by atoms with Gasteiger partial charge in [-0.1, -0.05) is 29.8 Å². The predicted octanol–water partition coefficient (Wildman–Crippen LogP) is 3.24. The second kappa shape index (κ2) is 7.53. The van der Waals surface area contributed by atoms with Crippen molar-refractivity contribution in [2.75, 3.05) is 12.4 Å². The third kappa shape index (κ3) is 3.73. The molecule has 0 aliphatic rings. The van der Waals surface area contributed by atoms with E-state index in [-0.39, 0.29) is 5.56 Å². The van der Waals surface area contributed by atoms with Gasteiger partial charge in [0.25, 0.3) is 5.56 Å². The van der Waals surface area contributed by atoms with Gasteiger partial charge in [0.15, 0.2) is 0 Å². The summed E-state index contributed by atoms with van der Waals surface area (Å²) in [5.74, 6) is 1.01. The maximum atomic E-state index is 12.3. The molecule has 2 N–H and O–H groups in total. The third-order valence-corrected chi connectivity index (χ3v) is 3.98. The summed E-state index contributed by atoms with van der Waals surface area (Å²) in [5.41, 5.74) is 2.77. The lowest BCUT2D eigenvalue weighted by atomic mass is 10.1. The number of nitriles is 1. The van der Waals surface area contributed by atoms with Crippen LogP contribution in [0.1, 0.15) is 16.7 Å². The number of benzene rings is 2. The molecule has 0 atom stereocenters. The molecule has 0 aliphatic carbocycles. The SMILES string of the molecule is COc1ccc(-c2nc(NCc3ccc(C)cc3)[nH]c(=O)c2C#N)cc1. The molecule has 1 aromatic heterocycles. The number of aromatic amines is 1. The van der Waals surface area contributed by atoms with E-state index in [1.165, 1.54) is 5.56 Å². The van der Waals surface area contributed by atoms with Crippen LogP contribution in [-0.4, -0.2) is 17.1 Å². The minimum Gasteiger partial charge on any atom is -0.497 e. The van der Waals surface area contributed by atoms with Crippen molar-refractivity contribution in [3.8, 4) is 23.1 Å². The molecule has 3 aromatic rings. The molecule has 0 fully saturated rings. The molecule has 0 saturated carbocycles. The van der Waals surface area contributed by atoms with Gasteiger partial charge >= 0.3 is 0 Å². The first-order valence-electron chi connectivity index (χ1n) is 8.09. The smallest absolute Gasteiger partial charge is 0.270 e. The minimum absolute atomic E-state index is 0.0175. The van der Waals surface area contributed by atoms with E-state index in [0.717, 1.165) is 5.56 Å². The summed E-state index contributed by atoms with van der Waals surface area (Å²) in [6.07, 6.45) is 0. The monoisotopic (exact) mass is 346 g/mol. The number of H-pyrrole nitrogens is 1. The fourth-order valence-corrected chi connectivity index (χ4v) is 2.51. The van der Waals surface area contributed by atoms with Crippen molar-refractivity contribution in [2.24, 2.45) is 0 Å². The van der Waals surface area contributed by atoms with Gasteiger partial charge in [-0.15, -0.1) is 0 Å². The highest BCUT2D eigenvalue weighted by molar-refractivity contribution is 5.67. The average Bonchev–Trinajstić information content (AvgIpc) is 2.67. The third-order valence-electron chi connectivity index (χ3n) is 3.98. The van der Waals surface area contributed by atoms with E-state index < -0.39 is 5.56 Å². The van der Waals surface area contributed by atoms with Gasteiger partial charge in [-0.25, -0.2) is 4.98 Å². The van der Waals surface area contributed by atoms with Crippen molar-refractivity contribution in [3.05, 3.63) is 75.6 Å². The number of rotatable bonds is 5. The largest absolute Gasteiger partial charge is 0.497 e. The Labute approximate surface area is 151 Å². The van der Waals surface area contributed by atoms with E-state index in [0.29, 0.717) is 29.5 Å². The first kappa shape index (κ1) is 17.2. The zero-order valence-corrected chi connectivity index (χ0v) is 14.5. The van der Waals surface area contributed by atoms with Gasteiger partial charge in [0.1, 0.15) is 17.4 Å². The van der Waals surface area contributed by atoms with E-state index in [1.54, 1.807) is 31.4 Å². The van der Waals surface area contributed by atoms with Crippen LogP contribution in [0.5, 0.6) is 5.75 Å². The number of ether oxygens (including phenoxy) is 1. The summed E-state index contributed by atoms with van der Waals surface area (Å²) in [6.45, 7) is 2.54. The molecule has 0 radical (unpaired) electrons. The molecule has 0 amide bonds. The Balaban J connectivity index is 1.92. The van der Waals surface area contributed by atoms with Crippen LogP contribution in [0.15, 0.2) is 53.3 Å². The number of hydrogen-bond acceptors (Lipinski definition) is 5. The molecule has 0 spiro atoms. The maximum absolute atomic E-state index is 12.3. The lowest BCUT2D eigenvalue weighted by molar-refractivity contribution is 0.415. The van der Waals surface area contributed by atoms with Crippen LogP contribution >= 0.6 is 0 Å². The Hall–Kier alpha value is -3.59. The van der Waals surface area contributed by atoms with Gasteiger partial charge in [-0.05, 0) is 36.8 Å². The van der Waals surface area contributed by atoms with Crippen molar-refractivity contribution < 1.29 is 4.74 Å². The van der Waals surface area contributed by atoms with E-state index in [9.17, 15) is 10.1 Å². The summed E-state index contributed by atoms with van der Waals surface area (Å²) >= 11 is 0. The van der Waals surface area contributed by atoms with Crippen molar-refractivity contribution in [2.45, 2.75) is 13.5 Å². The van der Waals surface area contributed by atoms with Gasteiger partial charge in [0, 0.05) is 12.1 Å². The molecule has 6 heteroatoms. The number of nitrogens with one attached hydrogen (secondary N) is 2. The molecule has 0 unspecified atom stereocenters. The number of anilines is 1. The molecule has 6 nitrogen and oxygen atoms in total. The Kier molecular flexibility index (Phi) is 4.99. The fourth-order valence-electron chi connectivity index (χ4n) is 2.51. The van der Waals surface area contributed by atoms with Crippen LogP contribution in [-0.2, 0) is 6.54 Å². The fraction of sp³-hybridized carbons (Fsp3) is 0.150. The number of aryl methyl sites for hydroxylation is 1. The standard InChI is InChI=1S/C20H18N4O2/c1-13-3-5-14(6-4-13)12-22-20-23-18(17(11-21)19(25)24-20)15-7-9-16(26-2)10-8-15/h3-10H,12H2,1-2H3,(H2,22,23,24,25). The molecular weight excluding hydrogens is 328 g/mol.